The van der Waals surface area contributed by atoms with Gasteiger partial charge in [-0.25, -0.2) is 4.39 Å². The number of benzene rings is 1. The first-order valence-corrected chi connectivity index (χ1v) is 9.03. The van der Waals surface area contributed by atoms with E-state index in [0.717, 1.165) is 38.4 Å². The molecule has 2 aromatic rings. The summed E-state index contributed by atoms with van der Waals surface area (Å²) >= 11 is 0. The normalized spacial score (nSPS) is 18.5. The van der Waals surface area contributed by atoms with E-state index in [2.05, 4.69) is 15.5 Å². The molecule has 0 spiro atoms. The molecule has 1 aliphatic carbocycles. The number of carbonyl (C=O) groups excluding carboxylic acids is 1. The molecule has 1 aliphatic heterocycles. The molecule has 0 bridgehead atoms. The van der Waals surface area contributed by atoms with Crippen molar-refractivity contribution in [3.63, 3.8) is 0 Å². The van der Waals surface area contributed by atoms with Crippen molar-refractivity contribution < 1.29 is 9.18 Å². The van der Waals surface area contributed by atoms with Crippen molar-refractivity contribution in [2.45, 2.75) is 31.7 Å². The summed E-state index contributed by atoms with van der Waals surface area (Å²) in [6.45, 7) is 2.56. The highest BCUT2D eigenvalue weighted by Crippen LogP contribution is 2.28. The minimum atomic E-state index is -0.358. The number of H-pyrrole nitrogens is 1. The lowest BCUT2D eigenvalue weighted by atomic mass is 10.0. The zero-order valence-corrected chi connectivity index (χ0v) is 14.2. The maximum absolute atomic E-state index is 14.1. The number of hydrogen-bond donors (Lipinski definition) is 2. The predicted octanol–water partition coefficient (Wildman–Crippen LogP) is 2.82. The number of hydrogen-bond acceptors (Lipinski definition) is 3. The van der Waals surface area contributed by atoms with Crippen LogP contribution >= 0.6 is 0 Å². The van der Waals surface area contributed by atoms with E-state index in [1.807, 2.05) is 4.90 Å². The molecule has 1 aromatic heterocycles. The highest BCUT2D eigenvalue weighted by atomic mass is 19.1. The minimum Gasteiger partial charge on any atom is -0.338 e. The van der Waals surface area contributed by atoms with Crippen molar-refractivity contribution in [2.75, 3.05) is 19.6 Å². The van der Waals surface area contributed by atoms with Crippen molar-refractivity contribution in [1.29, 1.82) is 0 Å². The van der Waals surface area contributed by atoms with Gasteiger partial charge in [0, 0.05) is 24.7 Å². The summed E-state index contributed by atoms with van der Waals surface area (Å²) in [5.74, 6) is 0.436. The van der Waals surface area contributed by atoms with Crippen LogP contribution in [0, 0.1) is 11.7 Å². The Morgan fingerprint density at radius 3 is 2.72 bits per heavy atom. The smallest absolute Gasteiger partial charge is 0.257 e. The van der Waals surface area contributed by atoms with E-state index in [9.17, 15) is 9.18 Å². The maximum atomic E-state index is 14.1. The molecule has 132 valence electrons. The summed E-state index contributed by atoms with van der Waals surface area (Å²) in [4.78, 5) is 14.7. The molecule has 4 rings (SSSR count). The van der Waals surface area contributed by atoms with Crippen LogP contribution in [-0.2, 0) is 0 Å². The highest BCUT2D eigenvalue weighted by Gasteiger charge is 2.28. The van der Waals surface area contributed by atoms with Gasteiger partial charge in [0.25, 0.3) is 5.91 Å². The maximum Gasteiger partial charge on any atom is 0.257 e. The van der Waals surface area contributed by atoms with Gasteiger partial charge in [0.1, 0.15) is 5.82 Å². The number of aromatic nitrogens is 2. The molecule has 1 aromatic carbocycles. The summed E-state index contributed by atoms with van der Waals surface area (Å²) < 4.78 is 14.1. The first kappa shape index (κ1) is 16.3. The molecule has 1 saturated heterocycles. The Morgan fingerprint density at radius 2 is 2.00 bits per heavy atom. The number of rotatable bonds is 5. The van der Waals surface area contributed by atoms with Crippen LogP contribution in [0.5, 0.6) is 0 Å². The van der Waals surface area contributed by atoms with Gasteiger partial charge in [-0.05, 0) is 50.3 Å². The van der Waals surface area contributed by atoms with Crippen LogP contribution in [0.15, 0.2) is 30.5 Å². The van der Waals surface area contributed by atoms with E-state index in [1.54, 1.807) is 18.2 Å². The van der Waals surface area contributed by atoms with Gasteiger partial charge >= 0.3 is 0 Å². The molecule has 2 aliphatic rings. The molecule has 1 amide bonds. The molecule has 5 nitrogen and oxygen atoms in total. The quantitative estimate of drug-likeness (QED) is 0.878. The second-order valence-electron chi connectivity index (χ2n) is 7.06. The van der Waals surface area contributed by atoms with Crippen LogP contribution in [0.4, 0.5) is 4.39 Å². The van der Waals surface area contributed by atoms with E-state index in [0.29, 0.717) is 22.9 Å². The number of carbonyl (C=O) groups is 1. The summed E-state index contributed by atoms with van der Waals surface area (Å²) in [5.41, 5.74) is 1.27. The third kappa shape index (κ3) is 3.58. The Kier molecular flexibility index (Phi) is 4.53. The minimum absolute atomic E-state index is 0.0763. The molecule has 0 unspecified atom stereocenters. The van der Waals surface area contributed by atoms with E-state index in [1.165, 1.54) is 25.1 Å². The molecule has 2 N–H and O–H groups in total. The summed E-state index contributed by atoms with van der Waals surface area (Å²) in [6, 6.07) is 6.94. The number of amides is 1. The topological polar surface area (TPSA) is 61.0 Å². The fraction of sp³-hybridized carbons (Fsp3) is 0.474. The monoisotopic (exact) mass is 342 g/mol. The molecular weight excluding hydrogens is 319 g/mol. The van der Waals surface area contributed by atoms with Crippen LogP contribution in [0.25, 0.3) is 11.3 Å². The second-order valence-corrected chi connectivity index (χ2v) is 7.06. The summed E-state index contributed by atoms with van der Waals surface area (Å²) in [6.07, 6.45) is 6.13. The number of halogens is 1. The number of nitrogens with zero attached hydrogens (tertiary/aromatic N) is 2. The van der Waals surface area contributed by atoms with Crippen LogP contribution in [-0.4, -0.2) is 46.7 Å². The van der Waals surface area contributed by atoms with Crippen molar-refractivity contribution in [2.24, 2.45) is 5.92 Å². The molecule has 0 atom stereocenters. The van der Waals surface area contributed by atoms with Crippen LogP contribution in [0.2, 0.25) is 0 Å². The molecular formula is C19H23FN4O. The Hall–Kier alpha value is -2.21. The van der Waals surface area contributed by atoms with Crippen LogP contribution < -0.4 is 5.32 Å². The molecule has 0 radical (unpaired) electrons. The Bertz CT molecular complexity index is 747. The lowest BCUT2D eigenvalue weighted by Crippen LogP contribution is -2.45. The van der Waals surface area contributed by atoms with Gasteiger partial charge in [0.2, 0.25) is 0 Å². The van der Waals surface area contributed by atoms with Gasteiger partial charge in [-0.1, -0.05) is 12.1 Å². The van der Waals surface area contributed by atoms with E-state index in [4.69, 9.17) is 0 Å². The van der Waals surface area contributed by atoms with Crippen molar-refractivity contribution in [3.05, 3.63) is 41.8 Å². The average Bonchev–Trinajstić information content (AvgIpc) is 3.35. The number of nitrogens with one attached hydrogen (secondary N) is 2. The molecule has 6 heteroatoms. The first-order valence-electron chi connectivity index (χ1n) is 9.03. The second kappa shape index (κ2) is 6.96. The Labute approximate surface area is 146 Å². The average molecular weight is 342 g/mol. The third-order valence-electron chi connectivity index (χ3n) is 5.19. The van der Waals surface area contributed by atoms with Crippen molar-refractivity contribution >= 4 is 5.91 Å². The lowest BCUT2D eigenvalue weighted by molar-refractivity contribution is 0.0706. The fourth-order valence-corrected chi connectivity index (χ4v) is 3.43. The van der Waals surface area contributed by atoms with Crippen molar-refractivity contribution in [1.82, 2.24) is 20.4 Å². The molecule has 2 heterocycles. The Balaban J connectivity index is 1.42. The Morgan fingerprint density at radius 1 is 1.24 bits per heavy atom. The summed E-state index contributed by atoms with van der Waals surface area (Å²) in [5, 5.41) is 10.4. The number of aromatic amines is 1. The molecule has 2 fully saturated rings. The van der Waals surface area contributed by atoms with Gasteiger partial charge < -0.3 is 10.2 Å². The van der Waals surface area contributed by atoms with E-state index in [-0.39, 0.29) is 11.7 Å². The van der Waals surface area contributed by atoms with Crippen LogP contribution in [0.3, 0.4) is 0 Å². The summed E-state index contributed by atoms with van der Waals surface area (Å²) in [7, 11) is 0. The fourth-order valence-electron chi connectivity index (χ4n) is 3.43. The molecule has 25 heavy (non-hydrogen) atoms. The van der Waals surface area contributed by atoms with Gasteiger partial charge in [-0.15, -0.1) is 0 Å². The third-order valence-corrected chi connectivity index (χ3v) is 5.19. The predicted molar refractivity (Wildman–Crippen MR) is 93.6 cm³/mol. The number of likely N-dealkylation sites (tertiary alicyclic amines) is 1. The standard InChI is InChI=1S/C19H23FN4O/c20-17-4-2-1-3-15(17)18-16(12-22-23-18)19(25)24-9-7-14(8-10-24)21-11-13-5-6-13/h1-4,12-14,21H,5-11H2,(H,22,23). The zero-order valence-electron chi connectivity index (χ0n) is 14.2. The number of piperidine rings is 1. The largest absolute Gasteiger partial charge is 0.338 e. The van der Waals surface area contributed by atoms with Gasteiger partial charge in [0.15, 0.2) is 0 Å². The van der Waals surface area contributed by atoms with Gasteiger partial charge in [-0.3, -0.25) is 9.89 Å². The van der Waals surface area contributed by atoms with E-state index < -0.39 is 0 Å². The highest BCUT2D eigenvalue weighted by molar-refractivity contribution is 5.99. The van der Waals surface area contributed by atoms with Crippen LogP contribution in [0.1, 0.15) is 36.0 Å². The van der Waals surface area contributed by atoms with E-state index >= 15 is 0 Å². The SMILES string of the molecule is O=C(c1cn[nH]c1-c1ccccc1F)N1CCC(NCC2CC2)CC1. The zero-order chi connectivity index (χ0) is 17.2. The lowest BCUT2D eigenvalue weighted by Gasteiger charge is -2.32. The van der Waals surface area contributed by atoms with Gasteiger partial charge in [0.05, 0.1) is 17.5 Å². The molecule has 1 saturated carbocycles. The van der Waals surface area contributed by atoms with Gasteiger partial charge in [-0.2, -0.15) is 5.10 Å². The van der Waals surface area contributed by atoms with Crippen molar-refractivity contribution in [3.8, 4) is 11.3 Å². The first-order chi connectivity index (χ1) is 12.2.